The van der Waals surface area contributed by atoms with E-state index in [1.807, 2.05) is 19.1 Å². The fourth-order valence-corrected chi connectivity index (χ4v) is 2.55. The summed E-state index contributed by atoms with van der Waals surface area (Å²) in [6.07, 6.45) is 3.71. The molecule has 0 fully saturated rings. The molecule has 0 aliphatic heterocycles. The van der Waals surface area contributed by atoms with Crippen LogP contribution in [0.5, 0.6) is 0 Å². The van der Waals surface area contributed by atoms with Gasteiger partial charge in [0.05, 0.1) is 13.2 Å². The van der Waals surface area contributed by atoms with E-state index >= 15 is 0 Å². The molecule has 154 valence electrons. The first-order chi connectivity index (χ1) is 13.5. The number of carbonyl (C=O) groups excluding carboxylic acids is 3. The fraction of sp³-hybridized carbons (Fsp3) is 0.476. The van der Waals surface area contributed by atoms with E-state index in [2.05, 4.69) is 5.32 Å². The second-order valence-electron chi connectivity index (χ2n) is 5.93. The number of nitrogens with one attached hydrogen (secondary N) is 1. The quantitative estimate of drug-likeness (QED) is 0.461. The number of carbonyl (C=O) groups is 3. The molecule has 0 aliphatic carbocycles. The molecule has 1 aromatic carbocycles. The highest BCUT2D eigenvalue weighted by atomic mass is 16.5. The van der Waals surface area contributed by atoms with Crippen molar-refractivity contribution in [3.63, 3.8) is 0 Å². The normalized spacial score (nSPS) is 13.0. The maximum atomic E-state index is 12.5. The van der Waals surface area contributed by atoms with E-state index in [4.69, 9.17) is 14.2 Å². The van der Waals surface area contributed by atoms with E-state index in [0.717, 1.165) is 5.56 Å². The first-order valence-electron chi connectivity index (χ1n) is 9.35. The summed E-state index contributed by atoms with van der Waals surface area (Å²) in [5, 5.41) is 2.64. The minimum Gasteiger partial charge on any atom is -0.466 e. The molecule has 0 saturated carbocycles. The van der Waals surface area contributed by atoms with E-state index in [0.29, 0.717) is 5.56 Å². The van der Waals surface area contributed by atoms with Crippen molar-refractivity contribution < 1.29 is 28.6 Å². The smallest absolute Gasteiger partial charge is 0.328 e. The maximum absolute atomic E-state index is 12.5. The van der Waals surface area contributed by atoms with Crippen LogP contribution < -0.4 is 5.32 Å². The third-order valence-corrected chi connectivity index (χ3v) is 3.94. The average Bonchev–Trinajstić information content (AvgIpc) is 2.69. The van der Waals surface area contributed by atoms with Crippen LogP contribution in [0.25, 0.3) is 0 Å². The monoisotopic (exact) mass is 391 g/mol. The predicted molar refractivity (Wildman–Crippen MR) is 105 cm³/mol. The second kappa shape index (κ2) is 12.7. The maximum Gasteiger partial charge on any atom is 0.328 e. The lowest BCUT2D eigenvalue weighted by atomic mass is 10.1. The lowest BCUT2D eigenvalue weighted by Crippen LogP contribution is -2.42. The molecule has 7 heteroatoms. The van der Waals surface area contributed by atoms with Gasteiger partial charge in [-0.3, -0.25) is 9.59 Å². The molecule has 0 saturated heterocycles. The van der Waals surface area contributed by atoms with Gasteiger partial charge in [-0.15, -0.1) is 0 Å². The Morgan fingerprint density at radius 2 is 1.71 bits per heavy atom. The van der Waals surface area contributed by atoms with Gasteiger partial charge in [-0.1, -0.05) is 24.3 Å². The van der Waals surface area contributed by atoms with Gasteiger partial charge in [0.2, 0.25) is 0 Å². The van der Waals surface area contributed by atoms with Gasteiger partial charge in [0, 0.05) is 19.1 Å². The fourth-order valence-electron chi connectivity index (χ4n) is 2.55. The first-order valence-corrected chi connectivity index (χ1v) is 9.35. The number of benzene rings is 1. The van der Waals surface area contributed by atoms with Crippen LogP contribution in [0.1, 0.15) is 55.6 Å². The molecule has 1 rings (SSSR count). The Hall–Kier alpha value is -2.67. The summed E-state index contributed by atoms with van der Waals surface area (Å²) >= 11 is 0. The first kappa shape index (κ1) is 23.4. The topological polar surface area (TPSA) is 90.9 Å². The summed E-state index contributed by atoms with van der Waals surface area (Å²) in [5.74, 6) is -1.43. The van der Waals surface area contributed by atoms with Gasteiger partial charge in [0.25, 0.3) is 5.91 Å². The minimum absolute atomic E-state index is 0.00934. The molecular formula is C21H29NO6. The Kier molecular flexibility index (Phi) is 10.6. The average molecular weight is 391 g/mol. The lowest BCUT2D eigenvalue weighted by molar-refractivity contribution is -0.146. The summed E-state index contributed by atoms with van der Waals surface area (Å²) in [5.41, 5.74) is 1.30. The molecule has 1 unspecified atom stereocenters. The summed E-state index contributed by atoms with van der Waals surface area (Å²) in [6.45, 7) is 5.73. The highest BCUT2D eigenvalue weighted by Crippen LogP contribution is 2.19. The van der Waals surface area contributed by atoms with Crippen LogP contribution in [-0.2, 0) is 23.8 Å². The SMILES string of the molecule is CC=CC(OC)c1ccc(C(=O)N[C@@H](CCC(=O)OCC)C(=O)OCC)cc1. The Morgan fingerprint density at radius 1 is 1.07 bits per heavy atom. The number of esters is 2. The Bertz CT molecular complexity index is 668. The molecule has 28 heavy (non-hydrogen) atoms. The summed E-state index contributed by atoms with van der Waals surface area (Å²) < 4.78 is 15.2. The molecule has 0 heterocycles. The lowest BCUT2D eigenvalue weighted by Gasteiger charge is -2.17. The Balaban J connectivity index is 2.82. The van der Waals surface area contributed by atoms with E-state index in [1.165, 1.54) is 0 Å². The van der Waals surface area contributed by atoms with Crippen LogP contribution in [0.3, 0.4) is 0 Å². The van der Waals surface area contributed by atoms with Crippen molar-refractivity contribution in [1.82, 2.24) is 5.32 Å². The predicted octanol–water partition coefficient (Wildman–Crippen LogP) is 2.96. The highest BCUT2D eigenvalue weighted by Gasteiger charge is 2.24. The second-order valence-corrected chi connectivity index (χ2v) is 5.93. The van der Waals surface area contributed by atoms with Crippen LogP contribution in [0.4, 0.5) is 0 Å². The van der Waals surface area contributed by atoms with Crippen molar-refractivity contribution in [3.05, 3.63) is 47.5 Å². The third kappa shape index (κ3) is 7.52. The van der Waals surface area contributed by atoms with E-state index in [-0.39, 0.29) is 32.2 Å². The van der Waals surface area contributed by atoms with Gasteiger partial charge in [-0.05, 0) is 44.9 Å². The number of methoxy groups -OCH3 is 1. The summed E-state index contributed by atoms with van der Waals surface area (Å²) in [4.78, 5) is 36.2. The molecule has 2 atom stereocenters. The number of amides is 1. The molecule has 0 aromatic heterocycles. The molecule has 0 radical (unpaired) electrons. The molecule has 1 amide bonds. The van der Waals surface area contributed by atoms with Crippen LogP contribution in [0.2, 0.25) is 0 Å². The van der Waals surface area contributed by atoms with E-state index in [1.54, 1.807) is 45.2 Å². The van der Waals surface area contributed by atoms with Crippen molar-refractivity contribution >= 4 is 17.8 Å². The van der Waals surface area contributed by atoms with E-state index < -0.39 is 23.9 Å². The molecule has 1 N–H and O–H groups in total. The van der Waals surface area contributed by atoms with Crippen LogP contribution in [-0.4, -0.2) is 44.2 Å². The molecule has 0 bridgehead atoms. The zero-order chi connectivity index (χ0) is 20.9. The van der Waals surface area contributed by atoms with E-state index in [9.17, 15) is 14.4 Å². The number of hydrogen-bond donors (Lipinski definition) is 1. The number of rotatable bonds is 11. The zero-order valence-corrected chi connectivity index (χ0v) is 16.9. The van der Waals surface area contributed by atoms with Gasteiger partial charge in [-0.2, -0.15) is 0 Å². The number of allylic oxidation sites excluding steroid dienone is 1. The summed E-state index contributed by atoms with van der Waals surface area (Å²) in [6, 6.07) is 5.98. The molecular weight excluding hydrogens is 362 g/mol. The standard InChI is InChI=1S/C21H29NO6/c1-5-8-18(26-4)15-9-11-16(12-10-15)20(24)22-17(21(25)28-7-3)13-14-19(23)27-6-2/h5,8-12,17-18H,6-7,13-14H2,1-4H3,(H,22,24)/t17-,18?/m0/s1. The van der Waals surface area contributed by atoms with Crippen molar-refractivity contribution in [2.24, 2.45) is 0 Å². The molecule has 7 nitrogen and oxygen atoms in total. The number of hydrogen-bond acceptors (Lipinski definition) is 6. The van der Waals surface area contributed by atoms with Crippen LogP contribution in [0, 0.1) is 0 Å². The molecule has 0 aliphatic rings. The van der Waals surface area contributed by atoms with Crippen LogP contribution in [0.15, 0.2) is 36.4 Å². The van der Waals surface area contributed by atoms with Gasteiger partial charge in [0.15, 0.2) is 0 Å². The molecule has 1 aromatic rings. The highest BCUT2D eigenvalue weighted by molar-refractivity contribution is 5.96. The third-order valence-electron chi connectivity index (χ3n) is 3.94. The molecule has 0 spiro atoms. The Labute approximate surface area is 166 Å². The zero-order valence-electron chi connectivity index (χ0n) is 16.9. The van der Waals surface area contributed by atoms with Gasteiger partial charge in [0.1, 0.15) is 12.1 Å². The van der Waals surface area contributed by atoms with Gasteiger partial charge >= 0.3 is 11.9 Å². The number of ether oxygens (including phenoxy) is 3. The van der Waals surface area contributed by atoms with Crippen molar-refractivity contribution in [3.8, 4) is 0 Å². The van der Waals surface area contributed by atoms with Crippen molar-refractivity contribution in [1.29, 1.82) is 0 Å². The minimum atomic E-state index is -0.925. The largest absolute Gasteiger partial charge is 0.466 e. The van der Waals surface area contributed by atoms with Gasteiger partial charge in [-0.25, -0.2) is 4.79 Å². The summed E-state index contributed by atoms with van der Waals surface area (Å²) in [7, 11) is 1.61. The Morgan fingerprint density at radius 3 is 2.25 bits per heavy atom. The van der Waals surface area contributed by atoms with Crippen molar-refractivity contribution in [2.75, 3.05) is 20.3 Å². The van der Waals surface area contributed by atoms with Crippen molar-refractivity contribution in [2.45, 2.75) is 45.8 Å². The van der Waals surface area contributed by atoms with Crippen LogP contribution >= 0.6 is 0 Å². The van der Waals surface area contributed by atoms with Gasteiger partial charge < -0.3 is 19.5 Å².